The summed E-state index contributed by atoms with van der Waals surface area (Å²) in [6, 6.07) is 5.80. The summed E-state index contributed by atoms with van der Waals surface area (Å²) in [5, 5.41) is 10.2. The first-order chi connectivity index (χ1) is 9.22. The Morgan fingerprint density at radius 1 is 1.42 bits per heavy atom. The predicted octanol–water partition coefficient (Wildman–Crippen LogP) is 0.348. The number of carbonyl (C=O) groups excluding carboxylic acids is 1. The normalized spacial score (nSPS) is 13.3. The molecule has 1 aromatic heterocycles. The van der Waals surface area contributed by atoms with Crippen LogP contribution in [0.15, 0.2) is 24.5 Å². The Kier molecular flexibility index (Phi) is 3.00. The van der Waals surface area contributed by atoms with Crippen molar-refractivity contribution in [2.24, 2.45) is 7.05 Å². The first kappa shape index (κ1) is 11.9. The molecule has 1 aliphatic rings. The minimum atomic E-state index is -0.0952. The van der Waals surface area contributed by atoms with E-state index in [0.717, 1.165) is 13.1 Å². The van der Waals surface area contributed by atoms with E-state index in [4.69, 9.17) is 0 Å². The third-order valence-corrected chi connectivity index (χ3v) is 3.15. The number of hydrogen-bond donors (Lipinski definition) is 2. The minimum Gasteiger partial charge on any atom is -0.345 e. The molecule has 0 saturated heterocycles. The molecule has 0 aliphatic carbocycles. The van der Waals surface area contributed by atoms with E-state index < -0.39 is 0 Å². The number of carbonyl (C=O) groups is 1. The number of nitrogens with zero attached hydrogens (tertiary/aromatic N) is 3. The lowest BCUT2D eigenvalue weighted by Gasteiger charge is -2.05. The largest absolute Gasteiger partial charge is 0.345 e. The maximum atomic E-state index is 12.0. The number of rotatable bonds is 3. The van der Waals surface area contributed by atoms with Gasteiger partial charge in [0.2, 0.25) is 0 Å². The number of amides is 1. The Hall–Kier alpha value is -2.21. The van der Waals surface area contributed by atoms with Crippen LogP contribution in [-0.2, 0) is 26.7 Å². The van der Waals surface area contributed by atoms with Crippen LogP contribution in [0.2, 0.25) is 0 Å². The SMILES string of the molecule is Cn1cnc(CNC(=O)c2ccc3c(c2)CNC3)n1. The fraction of sp³-hybridized carbons (Fsp3) is 0.308. The van der Waals surface area contributed by atoms with Crippen molar-refractivity contribution in [1.29, 1.82) is 0 Å². The zero-order valence-corrected chi connectivity index (χ0v) is 10.7. The molecule has 2 heterocycles. The van der Waals surface area contributed by atoms with Crippen LogP contribution in [0.4, 0.5) is 0 Å². The van der Waals surface area contributed by atoms with Gasteiger partial charge in [-0.15, -0.1) is 0 Å². The molecule has 3 rings (SSSR count). The Balaban J connectivity index is 1.67. The van der Waals surface area contributed by atoms with Crippen LogP contribution in [0, 0.1) is 0 Å². The summed E-state index contributed by atoms with van der Waals surface area (Å²) in [6.45, 7) is 2.06. The summed E-state index contributed by atoms with van der Waals surface area (Å²) in [5.41, 5.74) is 3.14. The van der Waals surface area contributed by atoms with Crippen LogP contribution in [0.5, 0.6) is 0 Å². The van der Waals surface area contributed by atoms with Crippen molar-refractivity contribution in [2.45, 2.75) is 19.6 Å². The number of aromatic nitrogens is 3. The lowest BCUT2D eigenvalue weighted by atomic mass is 10.1. The maximum absolute atomic E-state index is 12.0. The standard InChI is InChI=1S/C13H15N5O/c1-18-8-16-12(17-18)7-15-13(19)9-2-3-10-5-14-6-11(10)4-9/h2-4,8,14H,5-7H2,1H3,(H,15,19). The quantitative estimate of drug-likeness (QED) is 0.832. The monoisotopic (exact) mass is 257 g/mol. The van der Waals surface area contributed by atoms with E-state index in [1.165, 1.54) is 11.1 Å². The lowest BCUT2D eigenvalue weighted by Crippen LogP contribution is -2.23. The molecule has 6 nitrogen and oxygen atoms in total. The van der Waals surface area contributed by atoms with Crippen molar-refractivity contribution in [3.05, 3.63) is 47.0 Å². The van der Waals surface area contributed by atoms with Gasteiger partial charge in [0.1, 0.15) is 6.33 Å². The molecule has 1 aliphatic heterocycles. The summed E-state index contributed by atoms with van der Waals surface area (Å²) < 4.78 is 1.61. The second-order valence-electron chi connectivity index (χ2n) is 4.60. The molecule has 0 spiro atoms. The highest BCUT2D eigenvalue weighted by atomic mass is 16.1. The third-order valence-electron chi connectivity index (χ3n) is 3.15. The number of hydrogen-bond acceptors (Lipinski definition) is 4. The van der Waals surface area contributed by atoms with Crippen molar-refractivity contribution >= 4 is 5.91 Å². The van der Waals surface area contributed by atoms with Crippen molar-refractivity contribution < 1.29 is 4.79 Å². The fourth-order valence-electron chi connectivity index (χ4n) is 2.16. The molecule has 0 saturated carbocycles. The summed E-state index contributed by atoms with van der Waals surface area (Å²) in [6.07, 6.45) is 1.61. The van der Waals surface area contributed by atoms with Gasteiger partial charge in [-0.2, -0.15) is 5.10 Å². The maximum Gasteiger partial charge on any atom is 0.251 e. The van der Waals surface area contributed by atoms with Crippen molar-refractivity contribution in [1.82, 2.24) is 25.4 Å². The predicted molar refractivity (Wildman–Crippen MR) is 69.2 cm³/mol. The number of fused-ring (bicyclic) bond motifs is 1. The lowest BCUT2D eigenvalue weighted by molar-refractivity contribution is 0.0950. The average molecular weight is 257 g/mol. The summed E-state index contributed by atoms with van der Waals surface area (Å²) in [7, 11) is 1.80. The molecule has 1 amide bonds. The molecular weight excluding hydrogens is 242 g/mol. The first-order valence-electron chi connectivity index (χ1n) is 6.17. The van der Waals surface area contributed by atoms with Crippen LogP contribution in [0.1, 0.15) is 27.3 Å². The first-order valence-corrected chi connectivity index (χ1v) is 6.17. The molecule has 0 bridgehead atoms. The van der Waals surface area contributed by atoms with Gasteiger partial charge in [-0.25, -0.2) is 4.98 Å². The molecule has 6 heteroatoms. The second kappa shape index (κ2) is 4.81. The summed E-state index contributed by atoms with van der Waals surface area (Å²) in [4.78, 5) is 16.1. The highest BCUT2D eigenvalue weighted by Crippen LogP contribution is 2.16. The van der Waals surface area contributed by atoms with Gasteiger partial charge in [0.25, 0.3) is 5.91 Å². The number of benzene rings is 1. The highest BCUT2D eigenvalue weighted by molar-refractivity contribution is 5.94. The topological polar surface area (TPSA) is 71.8 Å². The van der Waals surface area contributed by atoms with E-state index in [9.17, 15) is 4.79 Å². The second-order valence-corrected chi connectivity index (χ2v) is 4.60. The van der Waals surface area contributed by atoms with Crippen LogP contribution in [0.3, 0.4) is 0 Å². The summed E-state index contributed by atoms with van der Waals surface area (Å²) >= 11 is 0. The Bertz CT molecular complexity index is 619. The van der Waals surface area contributed by atoms with E-state index in [2.05, 4.69) is 20.7 Å². The average Bonchev–Trinajstić information content (AvgIpc) is 3.03. The van der Waals surface area contributed by atoms with Gasteiger partial charge in [-0.05, 0) is 23.3 Å². The van der Waals surface area contributed by atoms with Crippen LogP contribution >= 0.6 is 0 Å². The van der Waals surface area contributed by atoms with Gasteiger partial charge in [0.05, 0.1) is 6.54 Å². The van der Waals surface area contributed by atoms with Crippen LogP contribution in [0.25, 0.3) is 0 Å². The third kappa shape index (κ3) is 2.48. The fourth-order valence-corrected chi connectivity index (χ4v) is 2.16. The molecule has 0 fully saturated rings. The molecule has 2 N–H and O–H groups in total. The van der Waals surface area contributed by atoms with Gasteiger partial charge in [-0.1, -0.05) is 6.07 Å². The molecular formula is C13H15N5O. The van der Waals surface area contributed by atoms with Gasteiger partial charge < -0.3 is 10.6 Å². The van der Waals surface area contributed by atoms with Crippen molar-refractivity contribution in [3.63, 3.8) is 0 Å². The molecule has 98 valence electrons. The number of nitrogens with one attached hydrogen (secondary N) is 2. The van der Waals surface area contributed by atoms with E-state index in [0.29, 0.717) is 17.9 Å². The van der Waals surface area contributed by atoms with Crippen molar-refractivity contribution in [2.75, 3.05) is 0 Å². The Morgan fingerprint density at radius 2 is 2.26 bits per heavy atom. The van der Waals surface area contributed by atoms with Crippen molar-refractivity contribution in [3.8, 4) is 0 Å². The highest BCUT2D eigenvalue weighted by Gasteiger charge is 2.13. The molecule has 0 atom stereocenters. The zero-order valence-electron chi connectivity index (χ0n) is 10.7. The van der Waals surface area contributed by atoms with Gasteiger partial charge >= 0.3 is 0 Å². The van der Waals surface area contributed by atoms with Crippen LogP contribution < -0.4 is 10.6 Å². The molecule has 2 aromatic rings. The molecule has 0 unspecified atom stereocenters. The molecule has 1 aromatic carbocycles. The minimum absolute atomic E-state index is 0.0952. The van der Waals surface area contributed by atoms with E-state index in [1.807, 2.05) is 18.2 Å². The van der Waals surface area contributed by atoms with E-state index in [-0.39, 0.29) is 5.91 Å². The van der Waals surface area contributed by atoms with E-state index >= 15 is 0 Å². The molecule has 19 heavy (non-hydrogen) atoms. The number of aryl methyl sites for hydroxylation is 1. The zero-order chi connectivity index (χ0) is 13.2. The molecule has 0 radical (unpaired) electrons. The van der Waals surface area contributed by atoms with Gasteiger partial charge in [0.15, 0.2) is 5.82 Å². The van der Waals surface area contributed by atoms with Crippen LogP contribution in [-0.4, -0.2) is 20.7 Å². The summed E-state index contributed by atoms with van der Waals surface area (Å²) in [5.74, 6) is 0.515. The smallest absolute Gasteiger partial charge is 0.251 e. The van der Waals surface area contributed by atoms with Gasteiger partial charge in [-0.3, -0.25) is 9.48 Å². The Morgan fingerprint density at radius 3 is 3.05 bits per heavy atom. The Labute approximate surface area is 110 Å². The van der Waals surface area contributed by atoms with E-state index in [1.54, 1.807) is 18.1 Å². The van der Waals surface area contributed by atoms with Gasteiger partial charge in [0, 0.05) is 25.7 Å².